The monoisotopic (exact) mass is 413 g/mol. The molecular weight excluding hydrogens is 402 g/mol. The molecule has 2 aromatic rings. The van der Waals surface area contributed by atoms with Crippen molar-refractivity contribution in [2.75, 3.05) is 5.75 Å². The second-order valence-corrected chi connectivity index (χ2v) is 8.82. The third kappa shape index (κ3) is 2.46. The zero-order valence-electron chi connectivity index (χ0n) is 11.8. The van der Waals surface area contributed by atoms with Gasteiger partial charge in [0.05, 0.1) is 6.04 Å². The first-order chi connectivity index (χ1) is 11.0. The maximum Gasteiger partial charge on any atom is 0.259 e. The molecule has 4 rings (SSSR count). The van der Waals surface area contributed by atoms with Crippen molar-refractivity contribution in [2.45, 2.75) is 29.2 Å². The number of fused-ring (bicyclic) bond motifs is 2. The quantitative estimate of drug-likeness (QED) is 0.834. The lowest BCUT2D eigenvalue weighted by molar-refractivity contribution is 0.0988. The topological polar surface area (TPSA) is 81.1 Å². The molecule has 1 aromatic heterocycles. The van der Waals surface area contributed by atoms with Crippen LogP contribution in [0.1, 0.15) is 28.4 Å². The number of carbonyl (C=O) groups is 1. The van der Waals surface area contributed by atoms with Gasteiger partial charge in [-0.05, 0) is 21.5 Å². The predicted octanol–water partition coefficient (Wildman–Crippen LogP) is 2.36. The predicted molar refractivity (Wildman–Crippen MR) is 89.1 cm³/mol. The lowest BCUT2D eigenvalue weighted by Crippen LogP contribution is -2.29. The molecule has 0 saturated heterocycles. The number of nitrogens with one attached hydrogen (secondary N) is 1. The molecule has 0 spiro atoms. The first kappa shape index (κ1) is 15.4. The molecule has 1 aliphatic heterocycles. The van der Waals surface area contributed by atoms with Crippen molar-refractivity contribution in [1.82, 2.24) is 14.3 Å². The number of hydrogen-bond acceptors (Lipinski definition) is 5. The Morgan fingerprint density at radius 2 is 2.13 bits per heavy atom. The van der Waals surface area contributed by atoms with Gasteiger partial charge in [-0.15, -0.1) is 0 Å². The van der Waals surface area contributed by atoms with Gasteiger partial charge in [-0.1, -0.05) is 36.0 Å². The second kappa shape index (κ2) is 5.44. The largest absolute Gasteiger partial charge is 0.307 e. The van der Waals surface area contributed by atoms with E-state index in [-0.39, 0.29) is 17.2 Å². The number of hydrogen-bond donors (Lipinski definition) is 1. The third-order valence-electron chi connectivity index (χ3n) is 3.97. The summed E-state index contributed by atoms with van der Waals surface area (Å²) in [6, 6.07) is 6.58. The van der Waals surface area contributed by atoms with Gasteiger partial charge in [-0.3, -0.25) is 4.79 Å². The number of imidazole rings is 1. The van der Waals surface area contributed by atoms with Crippen LogP contribution < -0.4 is 4.72 Å². The van der Waals surface area contributed by atoms with E-state index in [9.17, 15) is 13.2 Å². The first-order valence-electron chi connectivity index (χ1n) is 7.00. The smallest absolute Gasteiger partial charge is 0.259 e. The summed E-state index contributed by atoms with van der Waals surface area (Å²) in [4.78, 5) is 16.3. The molecule has 6 nitrogen and oxygen atoms in total. The Kier molecular flexibility index (Phi) is 3.63. The zero-order chi connectivity index (χ0) is 16.2. The van der Waals surface area contributed by atoms with E-state index in [4.69, 9.17) is 0 Å². The van der Waals surface area contributed by atoms with Crippen molar-refractivity contribution in [3.63, 3.8) is 0 Å². The maximum atomic E-state index is 12.8. The number of sulfonamides is 1. The minimum atomic E-state index is -3.78. The number of carbonyl (C=O) groups excluding carboxylic acids is 1. The van der Waals surface area contributed by atoms with Crippen LogP contribution in [-0.4, -0.2) is 29.5 Å². The van der Waals surface area contributed by atoms with Crippen LogP contribution in [0.3, 0.4) is 0 Å². The highest BCUT2D eigenvalue weighted by molar-refractivity contribution is 9.10. The van der Waals surface area contributed by atoms with Gasteiger partial charge < -0.3 is 4.57 Å². The number of aromatic nitrogens is 2. The molecule has 120 valence electrons. The third-order valence-corrected chi connectivity index (χ3v) is 7.26. The summed E-state index contributed by atoms with van der Waals surface area (Å²) in [5.41, 5.74) is 1.32. The molecule has 0 saturated carbocycles. The van der Waals surface area contributed by atoms with Crippen LogP contribution in [0, 0.1) is 0 Å². The lowest BCUT2D eigenvalue weighted by Gasteiger charge is -2.14. The number of thioether (sulfide) groups is 1. The van der Waals surface area contributed by atoms with Crippen LogP contribution in [0.5, 0.6) is 0 Å². The van der Waals surface area contributed by atoms with Gasteiger partial charge in [-0.2, -0.15) is 0 Å². The average Bonchev–Trinajstić information content (AvgIpc) is 3.13. The number of halogens is 1. The van der Waals surface area contributed by atoms with Gasteiger partial charge in [0.15, 0.2) is 16.0 Å². The summed E-state index contributed by atoms with van der Waals surface area (Å²) in [5, 5.41) is 0.828. The fourth-order valence-electron chi connectivity index (χ4n) is 2.99. The number of Topliss-reactive ketones (excluding diaryl/α,β-unsaturated/α-hetero) is 1. The van der Waals surface area contributed by atoms with Gasteiger partial charge in [0.1, 0.15) is 4.60 Å². The Morgan fingerprint density at radius 3 is 2.96 bits per heavy atom. The summed E-state index contributed by atoms with van der Waals surface area (Å²) in [6.45, 7) is 0.606. The SMILES string of the molecule is O=C1CC(NS(=O)(=O)c2c(Br)nc3n2CCS3)c2ccccc21. The number of ketones is 1. The Hall–Kier alpha value is -1.16. The van der Waals surface area contributed by atoms with Crippen molar-refractivity contribution >= 4 is 43.5 Å². The normalized spacial score (nSPS) is 19.9. The zero-order valence-corrected chi connectivity index (χ0v) is 15.0. The molecule has 9 heteroatoms. The molecule has 1 atom stereocenters. The van der Waals surface area contributed by atoms with Crippen molar-refractivity contribution in [2.24, 2.45) is 0 Å². The Morgan fingerprint density at radius 1 is 1.35 bits per heavy atom. The van der Waals surface area contributed by atoms with Crippen LogP contribution in [0.4, 0.5) is 0 Å². The van der Waals surface area contributed by atoms with Crippen molar-refractivity contribution in [3.8, 4) is 0 Å². The number of rotatable bonds is 3. The van der Waals surface area contributed by atoms with Crippen LogP contribution in [0.25, 0.3) is 0 Å². The van der Waals surface area contributed by atoms with E-state index in [0.717, 1.165) is 11.3 Å². The van der Waals surface area contributed by atoms with Crippen molar-refractivity contribution in [3.05, 3.63) is 40.0 Å². The standard InChI is InChI=1S/C14H12BrN3O3S2/c15-12-13(18-5-6-22-14(18)16-12)23(20,21)17-10-7-11(19)9-4-2-1-3-8(9)10/h1-4,10,17H,5-7H2. The highest BCUT2D eigenvalue weighted by Crippen LogP contribution is 2.36. The van der Waals surface area contributed by atoms with Crippen LogP contribution in [0.15, 0.2) is 39.1 Å². The molecular formula is C14H12BrN3O3S2. The van der Waals surface area contributed by atoms with Crippen molar-refractivity contribution in [1.29, 1.82) is 0 Å². The van der Waals surface area contributed by atoms with Crippen LogP contribution >= 0.6 is 27.7 Å². The minimum absolute atomic E-state index is 0.0403. The van der Waals surface area contributed by atoms with Gasteiger partial charge in [0.25, 0.3) is 10.0 Å². The second-order valence-electron chi connectivity index (χ2n) is 5.38. The van der Waals surface area contributed by atoms with E-state index in [0.29, 0.717) is 21.9 Å². The van der Waals surface area contributed by atoms with Gasteiger partial charge in [0, 0.05) is 24.3 Å². The van der Waals surface area contributed by atoms with E-state index < -0.39 is 16.1 Å². The molecule has 0 radical (unpaired) electrons. The van der Waals surface area contributed by atoms with Gasteiger partial charge in [-0.25, -0.2) is 18.1 Å². The molecule has 2 heterocycles. The molecule has 23 heavy (non-hydrogen) atoms. The molecule has 1 N–H and O–H groups in total. The Balaban J connectivity index is 1.71. The molecule has 0 fully saturated rings. The minimum Gasteiger partial charge on any atom is -0.307 e. The fourth-order valence-corrected chi connectivity index (χ4v) is 6.57. The van der Waals surface area contributed by atoms with Gasteiger partial charge >= 0.3 is 0 Å². The maximum absolute atomic E-state index is 12.8. The van der Waals surface area contributed by atoms with Crippen molar-refractivity contribution < 1.29 is 13.2 Å². The summed E-state index contributed by atoms with van der Waals surface area (Å²) in [7, 11) is -3.78. The number of benzene rings is 1. The van der Waals surface area contributed by atoms with Gasteiger partial charge in [0.2, 0.25) is 0 Å². The molecule has 1 aromatic carbocycles. The molecule has 1 aliphatic carbocycles. The van der Waals surface area contributed by atoms with E-state index in [2.05, 4.69) is 25.6 Å². The molecule has 0 bridgehead atoms. The highest BCUT2D eigenvalue weighted by atomic mass is 79.9. The van der Waals surface area contributed by atoms with Crippen LogP contribution in [-0.2, 0) is 16.6 Å². The first-order valence-corrected chi connectivity index (χ1v) is 10.3. The summed E-state index contributed by atoms with van der Waals surface area (Å²) >= 11 is 4.77. The summed E-state index contributed by atoms with van der Waals surface area (Å²) in [6.07, 6.45) is 0.145. The number of nitrogens with zero attached hydrogens (tertiary/aromatic N) is 2. The summed E-state index contributed by atoms with van der Waals surface area (Å²) in [5.74, 6) is 0.768. The molecule has 0 amide bonds. The van der Waals surface area contributed by atoms with E-state index >= 15 is 0 Å². The molecule has 1 unspecified atom stereocenters. The Bertz CT molecular complexity index is 923. The fraction of sp³-hybridized carbons (Fsp3) is 0.286. The van der Waals surface area contributed by atoms with E-state index in [1.807, 2.05) is 6.07 Å². The van der Waals surface area contributed by atoms with E-state index in [1.165, 1.54) is 11.8 Å². The Labute approximate surface area is 145 Å². The summed E-state index contributed by atoms with van der Waals surface area (Å²) < 4.78 is 30.3. The molecule has 2 aliphatic rings. The lowest BCUT2D eigenvalue weighted by atomic mass is 10.1. The van der Waals surface area contributed by atoms with E-state index in [1.54, 1.807) is 22.8 Å². The van der Waals surface area contributed by atoms with Crippen LogP contribution in [0.2, 0.25) is 0 Å². The average molecular weight is 414 g/mol. The highest BCUT2D eigenvalue weighted by Gasteiger charge is 2.36.